The van der Waals surface area contributed by atoms with Crippen LogP contribution in [-0.2, 0) is 4.79 Å². The van der Waals surface area contributed by atoms with E-state index in [1.54, 1.807) is 11.9 Å². The Hall–Kier alpha value is -0.900. The van der Waals surface area contributed by atoms with Crippen molar-refractivity contribution in [2.75, 3.05) is 13.1 Å². The Kier molecular flexibility index (Phi) is 3.89. The molecule has 13 heavy (non-hydrogen) atoms. The second kappa shape index (κ2) is 4.97. The Balaban J connectivity index is 2.18. The maximum Gasteiger partial charge on any atom is 0.216 e. The monoisotopic (exact) mass is 198 g/mol. The van der Waals surface area contributed by atoms with Crippen molar-refractivity contribution in [3.8, 4) is 0 Å². The van der Waals surface area contributed by atoms with E-state index in [1.165, 1.54) is 12.5 Å². The molecular formula is C9H14N2OS. The second-order valence-corrected chi connectivity index (χ2v) is 3.82. The van der Waals surface area contributed by atoms with Crippen molar-refractivity contribution >= 4 is 17.9 Å². The molecule has 0 aliphatic carbocycles. The van der Waals surface area contributed by atoms with Crippen molar-refractivity contribution < 1.29 is 4.79 Å². The summed E-state index contributed by atoms with van der Waals surface area (Å²) in [7, 11) is 0. The molecule has 0 aromatic rings. The van der Waals surface area contributed by atoms with Crippen LogP contribution in [0.4, 0.5) is 0 Å². The van der Waals surface area contributed by atoms with Crippen LogP contribution in [0.2, 0.25) is 0 Å². The van der Waals surface area contributed by atoms with E-state index in [2.05, 4.69) is 28.0 Å². The third-order valence-electron chi connectivity index (χ3n) is 1.58. The number of carbonyl (C=O) groups excluding carboxylic acids is 1. The largest absolute Gasteiger partial charge is 0.355 e. The number of hydrogen-bond donors (Lipinski definition) is 1. The Morgan fingerprint density at radius 3 is 3.00 bits per heavy atom. The molecule has 1 aliphatic heterocycles. The van der Waals surface area contributed by atoms with Crippen LogP contribution in [-0.4, -0.2) is 23.3 Å². The van der Waals surface area contributed by atoms with Gasteiger partial charge in [0.15, 0.2) is 0 Å². The summed E-state index contributed by atoms with van der Waals surface area (Å²) in [5.41, 5.74) is 1.26. The van der Waals surface area contributed by atoms with Gasteiger partial charge in [-0.05, 0) is 35.9 Å². The van der Waals surface area contributed by atoms with Gasteiger partial charge in [-0.1, -0.05) is 0 Å². The predicted molar refractivity (Wildman–Crippen MR) is 55.9 cm³/mol. The lowest BCUT2D eigenvalue weighted by molar-refractivity contribution is -0.118. The first-order chi connectivity index (χ1) is 6.18. The minimum atomic E-state index is 0.0257. The molecule has 1 heterocycles. The lowest BCUT2D eigenvalue weighted by Gasteiger charge is -2.19. The highest BCUT2D eigenvalue weighted by Gasteiger charge is 2.02. The molecule has 72 valence electrons. The average molecular weight is 198 g/mol. The molecule has 0 spiro atoms. The Morgan fingerprint density at radius 1 is 1.69 bits per heavy atom. The average Bonchev–Trinajstić information content (AvgIpc) is 2.08. The molecule has 1 rings (SSSR count). The smallest absolute Gasteiger partial charge is 0.216 e. The van der Waals surface area contributed by atoms with E-state index >= 15 is 0 Å². The molecule has 4 heteroatoms. The van der Waals surface area contributed by atoms with Crippen molar-refractivity contribution in [3.63, 3.8) is 0 Å². The Bertz CT molecular complexity index is 248. The highest BCUT2D eigenvalue weighted by atomic mass is 32.2. The first-order valence-electron chi connectivity index (χ1n) is 4.21. The minimum Gasteiger partial charge on any atom is -0.355 e. The van der Waals surface area contributed by atoms with E-state index in [0.717, 1.165) is 6.54 Å². The summed E-state index contributed by atoms with van der Waals surface area (Å²) < 4.78 is 2.09. The van der Waals surface area contributed by atoms with Gasteiger partial charge in [0.1, 0.15) is 0 Å². The van der Waals surface area contributed by atoms with Gasteiger partial charge in [0.05, 0.1) is 0 Å². The van der Waals surface area contributed by atoms with Gasteiger partial charge in [-0.15, -0.1) is 0 Å². The van der Waals surface area contributed by atoms with Crippen LogP contribution in [0.5, 0.6) is 0 Å². The number of nitrogens with one attached hydrogen (secondary N) is 1. The number of nitrogens with zero attached hydrogens (tertiary/aromatic N) is 1. The molecule has 0 atom stereocenters. The summed E-state index contributed by atoms with van der Waals surface area (Å²) in [6, 6.07) is 0. The molecule has 0 aromatic heterocycles. The van der Waals surface area contributed by atoms with Gasteiger partial charge < -0.3 is 9.62 Å². The van der Waals surface area contributed by atoms with Crippen molar-refractivity contribution in [1.29, 1.82) is 0 Å². The molecule has 0 aromatic carbocycles. The SMILES string of the molecule is CC(=O)NCCN1C=CC(C)=CS1. The van der Waals surface area contributed by atoms with Crippen molar-refractivity contribution in [1.82, 2.24) is 9.62 Å². The third-order valence-corrected chi connectivity index (χ3v) is 2.64. The standard InChI is InChI=1S/C9H14N2OS/c1-8-3-5-11(13-7-8)6-4-10-9(2)12/h3,5,7H,4,6H2,1-2H3,(H,10,12). The Labute approximate surface area is 83.0 Å². The summed E-state index contributed by atoms with van der Waals surface area (Å²) in [6.45, 7) is 5.13. The van der Waals surface area contributed by atoms with Crippen molar-refractivity contribution in [2.45, 2.75) is 13.8 Å². The first-order valence-corrected chi connectivity index (χ1v) is 5.05. The first kappa shape index (κ1) is 10.2. The van der Waals surface area contributed by atoms with E-state index in [1.807, 2.05) is 6.20 Å². The fourth-order valence-corrected chi connectivity index (χ4v) is 1.60. The zero-order valence-corrected chi connectivity index (χ0v) is 8.73. The zero-order valence-electron chi connectivity index (χ0n) is 7.91. The van der Waals surface area contributed by atoms with Crippen LogP contribution in [0.1, 0.15) is 13.8 Å². The predicted octanol–water partition coefficient (Wildman–Crippen LogP) is 1.50. The van der Waals surface area contributed by atoms with Gasteiger partial charge in [-0.2, -0.15) is 0 Å². The van der Waals surface area contributed by atoms with E-state index in [0.29, 0.717) is 6.54 Å². The molecule has 1 amide bonds. The number of allylic oxidation sites excluding steroid dienone is 2. The minimum absolute atomic E-state index is 0.0257. The van der Waals surface area contributed by atoms with E-state index < -0.39 is 0 Å². The van der Waals surface area contributed by atoms with E-state index in [9.17, 15) is 4.79 Å². The van der Waals surface area contributed by atoms with Gasteiger partial charge in [-0.25, -0.2) is 0 Å². The molecule has 0 bridgehead atoms. The fraction of sp³-hybridized carbons (Fsp3) is 0.444. The molecule has 0 unspecified atom stereocenters. The van der Waals surface area contributed by atoms with Crippen LogP contribution in [0.25, 0.3) is 0 Å². The maximum absolute atomic E-state index is 10.6. The zero-order chi connectivity index (χ0) is 9.68. The summed E-state index contributed by atoms with van der Waals surface area (Å²) in [5, 5.41) is 4.85. The molecule has 0 saturated carbocycles. The molecule has 0 radical (unpaired) electrons. The number of carbonyl (C=O) groups is 1. The topological polar surface area (TPSA) is 32.3 Å². The lowest BCUT2D eigenvalue weighted by atomic mass is 10.3. The number of hydrogen-bond acceptors (Lipinski definition) is 3. The van der Waals surface area contributed by atoms with Gasteiger partial charge >= 0.3 is 0 Å². The van der Waals surface area contributed by atoms with Gasteiger partial charge in [-0.3, -0.25) is 4.79 Å². The van der Waals surface area contributed by atoms with Crippen LogP contribution in [0, 0.1) is 0 Å². The molecule has 1 N–H and O–H groups in total. The van der Waals surface area contributed by atoms with Gasteiger partial charge in [0.25, 0.3) is 0 Å². The van der Waals surface area contributed by atoms with E-state index in [-0.39, 0.29) is 5.91 Å². The molecule has 0 saturated heterocycles. The van der Waals surface area contributed by atoms with Gasteiger partial charge in [0.2, 0.25) is 5.91 Å². The summed E-state index contributed by atoms with van der Waals surface area (Å²) in [4.78, 5) is 10.6. The van der Waals surface area contributed by atoms with Crippen LogP contribution in [0.15, 0.2) is 23.3 Å². The van der Waals surface area contributed by atoms with E-state index in [4.69, 9.17) is 0 Å². The van der Waals surface area contributed by atoms with Crippen molar-refractivity contribution in [2.24, 2.45) is 0 Å². The maximum atomic E-state index is 10.6. The number of amides is 1. The summed E-state index contributed by atoms with van der Waals surface area (Å²) >= 11 is 1.66. The second-order valence-electron chi connectivity index (χ2n) is 2.91. The quantitative estimate of drug-likeness (QED) is 0.698. The molecule has 1 aliphatic rings. The molecule has 3 nitrogen and oxygen atoms in total. The van der Waals surface area contributed by atoms with Crippen LogP contribution in [0.3, 0.4) is 0 Å². The highest BCUT2D eigenvalue weighted by Crippen LogP contribution is 2.19. The number of rotatable bonds is 3. The van der Waals surface area contributed by atoms with Crippen LogP contribution >= 0.6 is 11.9 Å². The molecule has 0 fully saturated rings. The lowest BCUT2D eigenvalue weighted by Crippen LogP contribution is -2.28. The normalized spacial score (nSPS) is 15.5. The summed E-state index contributed by atoms with van der Waals surface area (Å²) in [6.07, 6.45) is 4.09. The third kappa shape index (κ3) is 4.03. The fourth-order valence-electron chi connectivity index (χ4n) is 0.895. The van der Waals surface area contributed by atoms with Gasteiger partial charge in [0, 0.05) is 26.2 Å². The highest BCUT2D eigenvalue weighted by molar-refractivity contribution is 8.00. The van der Waals surface area contributed by atoms with Crippen LogP contribution < -0.4 is 5.32 Å². The van der Waals surface area contributed by atoms with Crippen molar-refractivity contribution in [3.05, 3.63) is 23.3 Å². The molecular weight excluding hydrogens is 184 g/mol. The Morgan fingerprint density at radius 2 is 2.46 bits per heavy atom. The summed E-state index contributed by atoms with van der Waals surface area (Å²) in [5.74, 6) is 0.0257.